The summed E-state index contributed by atoms with van der Waals surface area (Å²) in [5.74, 6) is 0. The van der Waals surface area contributed by atoms with E-state index in [0.29, 0.717) is 6.42 Å². The Morgan fingerprint density at radius 1 is 1.33 bits per heavy atom. The summed E-state index contributed by atoms with van der Waals surface area (Å²) in [7, 11) is 0. The van der Waals surface area contributed by atoms with Crippen LogP contribution in [0.1, 0.15) is 32.6 Å². The molecule has 0 bridgehead atoms. The Morgan fingerprint density at radius 2 is 2.00 bits per heavy atom. The van der Waals surface area contributed by atoms with E-state index in [1.54, 1.807) is 0 Å². The third-order valence-corrected chi connectivity index (χ3v) is 2.28. The minimum atomic E-state index is -1.19. The molecule has 0 amide bonds. The Morgan fingerprint density at radius 3 is 2.47 bits per heavy atom. The third kappa shape index (κ3) is 5.59. The summed E-state index contributed by atoms with van der Waals surface area (Å²) >= 11 is 0. The van der Waals surface area contributed by atoms with Crippen LogP contribution in [0, 0.1) is 0 Å². The number of rotatable bonds is 8. The number of aliphatic hydroxyl groups excluding tert-OH is 3. The van der Waals surface area contributed by atoms with Gasteiger partial charge in [-0.25, -0.2) is 0 Å². The molecule has 6 heteroatoms. The van der Waals surface area contributed by atoms with Crippen molar-refractivity contribution in [3.05, 3.63) is 10.4 Å². The third-order valence-electron chi connectivity index (χ3n) is 2.28. The fraction of sp³-hybridized carbons (Fsp3) is 1.00. The molecular weight excluding hydrogens is 198 g/mol. The number of hydrogen-bond acceptors (Lipinski definition) is 4. The van der Waals surface area contributed by atoms with E-state index in [-0.39, 0.29) is 0 Å². The van der Waals surface area contributed by atoms with Gasteiger partial charge in [0.15, 0.2) is 0 Å². The Hall–Kier alpha value is -0.810. The maximum absolute atomic E-state index is 9.53. The zero-order chi connectivity index (χ0) is 11.7. The van der Waals surface area contributed by atoms with Gasteiger partial charge in [0.1, 0.15) is 0 Å². The van der Waals surface area contributed by atoms with Crippen molar-refractivity contribution in [1.82, 2.24) is 0 Å². The van der Waals surface area contributed by atoms with Crippen molar-refractivity contribution < 1.29 is 15.3 Å². The van der Waals surface area contributed by atoms with E-state index >= 15 is 0 Å². The average molecular weight is 217 g/mol. The molecule has 0 unspecified atom stereocenters. The van der Waals surface area contributed by atoms with Crippen LogP contribution in [0.15, 0.2) is 5.11 Å². The molecule has 6 nitrogen and oxygen atoms in total. The van der Waals surface area contributed by atoms with Crippen LogP contribution in [-0.2, 0) is 0 Å². The molecule has 15 heavy (non-hydrogen) atoms. The van der Waals surface area contributed by atoms with Crippen LogP contribution in [0.4, 0.5) is 0 Å². The lowest BCUT2D eigenvalue weighted by Crippen LogP contribution is -2.38. The van der Waals surface area contributed by atoms with Gasteiger partial charge >= 0.3 is 0 Å². The number of hydrogen-bond donors (Lipinski definition) is 3. The van der Waals surface area contributed by atoms with E-state index in [2.05, 4.69) is 10.0 Å². The molecule has 0 aromatic rings. The summed E-state index contributed by atoms with van der Waals surface area (Å²) in [5.41, 5.74) is 8.17. The minimum absolute atomic E-state index is 0.451. The first-order valence-corrected chi connectivity index (χ1v) is 5.18. The molecule has 3 atom stereocenters. The zero-order valence-corrected chi connectivity index (χ0v) is 8.95. The van der Waals surface area contributed by atoms with Gasteiger partial charge in [-0.1, -0.05) is 31.3 Å². The lowest BCUT2D eigenvalue weighted by Gasteiger charge is -2.21. The van der Waals surface area contributed by atoms with Gasteiger partial charge in [-0.05, 0) is 12.0 Å². The van der Waals surface area contributed by atoms with E-state index in [1.807, 2.05) is 6.92 Å². The zero-order valence-electron chi connectivity index (χ0n) is 8.95. The predicted molar refractivity (Wildman–Crippen MR) is 56.2 cm³/mol. The Balaban J connectivity index is 4.03. The molecule has 0 aliphatic heterocycles. The van der Waals surface area contributed by atoms with Crippen molar-refractivity contribution >= 4 is 0 Å². The van der Waals surface area contributed by atoms with Crippen LogP contribution in [0.5, 0.6) is 0 Å². The second-order valence-corrected chi connectivity index (χ2v) is 3.51. The van der Waals surface area contributed by atoms with Crippen molar-refractivity contribution in [1.29, 1.82) is 0 Å². The minimum Gasteiger partial charge on any atom is -0.396 e. The highest BCUT2D eigenvalue weighted by Gasteiger charge is 2.24. The highest BCUT2D eigenvalue weighted by molar-refractivity contribution is 4.81. The lowest BCUT2D eigenvalue weighted by atomic mass is 10.0. The molecule has 0 heterocycles. The van der Waals surface area contributed by atoms with Crippen LogP contribution in [0.25, 0.3) is 10.4 Å². The molecular formula is C9H19N3O3. The van der Waals surface area contributed by atoms with Gasteiger partial charge in [-0.3, -0.25) is 0 Å². The summed E-state index contributed by atoms with van der Waals surface area (Å²) in [6, 6.07) is -0.966. The van der Waals surface area contributed by atoms with Crippen LogP contribution in [0.3, 0.4) is 0 Å². The topological polar surface area (TPSA) is 109 Å². The summed E-state index contributed by atoms with van der Waals surface area (Å²) in [6.07, 6.45) is 1.13. The standard InChI is InChI=1S/C9H19N3O3/c1-2-3-4-5-8(14)9(15)7(6-13)11-12-10/h7-9,13-15H,2-6H2,1H3/t7-,8+,9-/m0/s1. The van der Waals surface area contributed by atoms with Gasteiger partial charge in [0, 0.05) is 4.91 Å². The second kappa shape index (κ2) is 8.49. The Labute approximate surface area is 89.2 Å². The SMILES string of the molecule is CCCCC[C@@H](O)[C@@H](O)[C@H](CO)N=[N+]=[N-]. The summed E-state index contributed by atoms with van der Waals surface area (Å²) in [4.78, 5) is 2.50. The van der Waals surface area contributed by atoms with E-state index in [4.69, 9.17) is 10.6 Å². The molecule has 0 aliphatic rings. The number of nitrogens with zero attached hydrogens (tertiary/aromatic N) is 3. The first kappa shape index (κ1) is 14.2. The first-order valence-electron chi connectivity index (χ1n) is 5.18. The highest BCUT2D eigenvalue weighted by Crippen LogP contribution is 2.11. The van der Waals surface area contributed by atoms with Crippen LogP contribution < -0.4 is 0 Å². The average Bonchev–Trinajstić information content (AvgIpc) is 2.25. The van der Waals surface area contributed by atoms with Gasteiger partial charge < -0.3 is 15.3 Å². The molecule has 0 radical (unpaired) electrons. The van der Waals surface area contributed by atoms with E-state index in [9.17, 15) is 10.2 Å². The quantitative estimate of drug-likeness (QED) is 0.244. The van der Waals surface area contributed by atoms with Gasteiger partial charge in [0.25, 0.3) is 0 Å². The molecule has 0 fully saturated rings. The molecule has 0 saturated heterocycles. The van der Waals surface area contributed by atoms with Gasteiger partial charge in [-0.15, -0.1) is 0 Å². The first-order chi connectivity index (χ1) is 7.17. The second-order valence-electron chi connectivity index (χ2n) is 3.51. The molecule has 0 aromatic carbocycles. The predicted octanol–water partition coefficient (Wildman–Crippen LogP) is 0.960. The Kier molecular flexibility index (Phi) is 8.04. The molecule has 0 aliphatic carbocycles. The maximum Gasteiger partial charge on any atom is 0.0905 e. The number of unbranched alkanes of at least 4 members (excludes halogenated alkanes) is 2. The van der Waals surface area contributed by atoms with Crippen LogP contribution in [0.2, 0.25) is 0 Å². The van der Waals surface area contributed by atoms with Crippen molar-refractivity contribution in [2.24, 2.45) is 5.11 Å². The number of aliphatic hydroxyl groups is 3. The molecule has 88 valence electrons. The van der Waals surface area contributed by atoms with Crippen LogP contribution >= 0.6 is 0 Å². The maximum atomic E-state index is 9.53. The largest absolute Gasteiger partial charge is 0.396 e. The Bertz CT molecular complexity index is 207. The number of azide groups is 1. The van der Waals surface area contributed by atoms with Gasteiger partial charge in [0.2, 0.25) is 0 Å². The summed E-state index contributed by atoms with van der Waals surface area (Å²) in [6.45, 7) is 1.58. The summed E-state index contributed by atoms with van der Waals surface area (Å²) in [5, 5.41) is 31.1. The van der Waals surface area contributed by atoms with E-state index in [1.165, 1.54) is 0 Å². The van der Waals surface area contributed by atoms with Crippen molar-refractivity contribution in [2.45, 2.75) is 50.9 Å². The molecule has 0 spiro atoms. The monoisotopic (exact) mass is 217 g/mol. The van der Waals surface area contributed by atoms with E-state index in [0.717, 1.165) is 19.3 Å². The molecule has 0 saturated carbocycles. The van der Waals surface area contributed by atoms with Crippen molar-refractivity contribution in [2.75, 3.05) is 6.61 Å². The van der Waals surface area contributed by atoms with Gasteiger partial charge in [0.05, 0.1) is 24.9 Å². The fourth-order valence-corrected chi connectivity index (χ4v) is 1.31. The fourth-order valence-electron chi connectivity index (χ4n) is 1.31. The molecule has 0 aromatic heterocycles. The van der Waals surface area contributed by atoms with Crippen molar-refractivity contribution in [3.63, 3.8) is 0 Å². The van der Waals surface area contributed by atoms with Crippen LogP contribution in [-0.4, -0.2) is 40.2 Å². The highest BCUT2D eigenvalue weighted by atomic mass is 16.3. The molecule has 0 rings (SSSR count). The van der Waals surface area contributed by atoms with Gasteiger partial charge in [-0.2, -0.15) is 0 Å². The van der Waals surface area contributed by atoms with Crippen molar-refractivity contribution in [3.8, 4) is 0 Å². The molecule has 3 N–H and O–H groups in total. The summed E-state index contributed by atoms with van der Waals surface area (Å²) < 4.78 is 0. The normalized spacial score (nSPS) is 16.5. The lowest BCUT2D eigenvalue weighted by molar-refractivity contribution is -0.0119. The van der Waals surface area contributed by atoms with E-state index < -0.39 is 24.9 Å². The smallest absolute Gasteiger partial charge is 0.0905 e.